The Hall–Kier alpha value is -3.07. The van der Waals surface area contributed by atoms with Gasteiger partial charge in [0.25, 0.3) is 0 Å². The molecule has 2 aromatic rings. The Balaban J connectivity index is 1.56. The highest BCUT2D eigenvalue weighted by atomic mass is 28.3. The van der Waals surface area contributed by atoms with Crippen LogP contribution in [-0.4, -0.2) is 41.3 Å². The summed E-state index contributed by atoms with van der Waals surface area (Å²) < 4.78 is 10.8. The number of carbonyl (C=O) groups is 2. The van der Waals surface area contributed by atoms with Crippen LogP contribution in [-0.2, 0) is 9.47 Å². The van der Waals surface area contributed by atoms with Gasteiger partial charge in [0, 0.05) is 11.1 Å². The first-order valence-electron chi connectivity index (χ1n) is 13.0. The Kier molecular flexibility index (Phi) is 11.9. The number of hydrogen-bond donors (Lipinski definition) is 0. The maximum atomic E-state index is 12.2. The summed E-state index contributed by atoms with van der Waals surface area (Å²) in [5.74, 6) is 5.77. The molecule has 0 saturated heterocycles. The summed E-state index contributed by atoms with van der Waals surface area (Å²) in [4.78, 5) is 24.4. The lowest BCUT2D eigenvalue weighted by molar-refractivity contribution is 0.0496. The van der Waals surface area contributed by atoms with Gasteiger partial charge in [-0.25, -0.2) is 9.59 Å². The summed E-state index contributed by atoms with van der Waals surface area (Å²) in [6.45, 7) is 14.0. The number of unbranched alkanes of at least 4 members (excludes halogenated alkanes) is 4. The standard InChI is InChI=1S/C31H40O4Si2/c1-36(2,3)24-20-26-12-16-28(17-13-26)30(32)34-22-10-8-7-9-11-23-35-31(33)29-18-14-27(15-19-29)21-25-37(4,5)6/h12-19H,7-11,22-23H2,1-6H3. The molecule has 0 amide bonds. The van der Waals surface area contributed by atoms with E-state index in [4.69, 9.17) is 9.47 Å². The third-order valence-electron chi connectivity index (χ3n) is 5.16. The van der Waals surface area contributed by atoms with Gasteiger partial charge in [0.2, 0.25) is 0 Å². The number of ether oxygens (including phenoxy) is 2. The van der Waals surface area contributed by atoms with Crippen molar-refractivity contribution >= 4 is 28.1 Å². The SMILES string of the molecule is C[Si](C)(C)C#Cc1ccc(C(=O)OCCCCCCCOC(=O)c2ccc(C#C[Si](C)(C)C)cc2)cc1. The van der Waals surface area contributed by atoms with Gasteiger partial charge in [-0.2, -0.15) is 0 Å². The molecule has 0 saturated carbocycles. The fourth-order valence-electron chi connectivity index (χ4n) is 3.13. The number of hydrogen-bond acceptors (Lipinski definition) is 4. The molecule has 0 unspecified atom stereocenters. The van der Waals surface area contributed by atoms with E-state index in [1.54, 1.807) is 24.3 Å². The van der Waals surface area contributed by atoms with E-state index in [0.29, 0.717) is 24.3 Å². The molecular formula is C31H40O4Si2. The predicted octanol–water partition coefficient (Wildman–Crippen LogP) is 7.11. The van der Waals surface area contributed by atoms with Gasteiger partial charge in [-0.1, -0.05) is 70.4 Å². The van der Waals surface area contributed by atoms with Crippen LogP contribution in [0, 0.1) is 22.9 Å². The fraction of sp³-hybridized carbons (Fsp3) is 0.419. The van der Waals surface area contributed by atoms with Crippen molar-refractivity contribution in [3.63, 3.8) is 0 Å². The Morgan fingerprint density at radius 2 is 0.892 bits per heavy atom. The molecule has 0 radical (unpaired) electrons. The van der Waals surface area contributed by atoms with Crippen molar-refractivity contribution in [2.75, 3.05) is 13.2 Å². The van der Waals surface area contributed by atoms with E-state index in [9.17, 15) is 9.59 Å². The molecule has 6 heteroatoms. The summed E-state index contributed by atoms with van der Waals surface area (Å²) in [5.41, 5.74) is 9.59. The lowest BCUT2D eigenvalue weighted by atomic mass is 10.1. The predicted molar refractivity (Wildman–Crippen MR) is 157 cm³/mol. The molecule has 0 spiro atoms. The second-order valence-corrected chi connectivity index (χ2v) is 20.7. The van der Waals surface area contributed by atoms with Crippen LogP contribution in [0.25, 0.3) is 0 Å². The second kappa shape index (κ2) is 14.6. The van der Waals surface area contributed by atoms with E-state index in [0.717, 1.165) is 43.2 Å². The van der Waals surface area contributed by atoms with Crippen molar-refractivity contribution in [1.82, 2.24) is 0 Å². The smallest absolute Gasteiger partial charge is 0.338 e. The highest BCUT2D eigenvalue weighted by molar-refractivity contribution is 6.84. The Morgan fingerprint density at radius 3 is 1.22 bits per heavy atom. The Bertz CT molecular complexity index is 1050. The average Bonchev–Trinajstić information content (AvgIpc) is 2.84. The number of carbonyl (C=O) groups excluding carboxylic acids is 2. The molecule has 0 aromatic heterocycles. The van der Waals surface area contributed by atoms with E-state index in [1.807, 2.05) is 24.3 Å². The van der Waals surface area contributed by atoms with Crippen LogP contribution < -0.4 is 0 Å². The normalized spacial score (nSPS) is 11.0. The Morgan fingerprint density at radius 1 is 0.568 bits per heavy atom. The van der Waals surface area contributed by atoms with Crippen LogP contribution in [0.2, 0.25) is 39.3 Å². The molecule has 2 aromatic carbocycles. The van der Waals surface area contributed by atoms with Crippen LogP contribution >= 0.6 is 0 Å². The fourth-order valence-corrected chi connectivity index (χ4v) is 4.17. The summed E-state index contributed by atoms with van der Waals surface area (Å²) >= 11 is 0. The first kappa shape index (κ1) is 30.2. The minimum absolute atomic E-state index is 0.298. The van der Waals surface area contributed by atoms with Crippen LogP contribution in [0.1, 0.15) is 63.9 Å². The number of rotatable bonds is 10. The molecule has 0 heterocycles. The minimum atomic E-state index is -1.42. The van der Waals surface area contributed by atoms with Gasteiger partial charge in [-0.3, -0.25) is 0 Å². The highest BCUT2D eigenvalue weighted by Crippen LogP contribution is 2.10. The first-order chi connectivity index (χ1) is 17.4. The van der Waals surface area contributed by atoms with Gasteiger partial charge in [-0.05, 0) is 61.4 Å². The molecule has 0 aliphatic rings. The molecule has 0 aliphatic heterocycles. The molecule has 2 rings (SSSR count). The third-order valence-corrected chi connectivity index (χ3v) is 6.91. The van der Waals surface area contributed by atoms with Crippen LogP contribution in [0.5, 0.6) is 0 Å². The molecule has 0 atom stereocenters. The van der Waals surface area contributed by atoms with E-state index >= 15 is 0 Å². The van der Waals surface area contributed by atoms with Crippen molar-refractivity contribution < 1.29 is 19.1 Å². The monoisotopic (exact) mass is 532 g/mol. The van der Waals surface area contributed by atoms with E-state index in [1.165, 1.54) is 0 Å². The first-order valence-corrected chi connectivity index (χ1v) is 20.0. The van der Waals surface area contributed by atoms with Gasteiger partial charge >= 0.3 is 11.9 Å². The molecule has 0 N–H and O–H groups in total. The molecule has 196 valence electrons. The summed E-state index contributed by atoms with van der Waals surface area (Å²) in [6, 6.07) is 14.6. The lowest BCUT2D eigenvalue weighted by Gasteiger charge is -2.07. The summed E-state index contributed by atoms with van der Waals surface area (Å²) in [7, 11) is -2.84. The zero-order valence-electron chi connectivity index (χ0n) is 23.2. The molecule has 0 aliphatic carbocycles. The largest absolute Gasteiger partial charge is 0.462 e. The average molecular weight is 533 g/mol. The highest BCUT2D eigenvalue weighted by Gasteiger charge is 2.10. The second-order valence-electron chi connectivity index (χ2n) is 11.2. The zero-order chi connectivity index (χ0) is 27.3. The van der Waals surface area contributed by atoms with Gasteiger partial charge in [0.15, 0.2) is 0 Å². The van der Waals surface area contributed by atoms with Crippen LogP contribution in [0.4, 0.5) is 0 Å². The van der Waals surface area contributed by atoms with Gasteiger partial charge in [0.05, 0.1) is 24.3 Å². The van der Waals surface area contributed by atoms with Crippen molar-refractivity contribution in [1.29, 1.82) is 0 Å². The van der Waals surface area contributed by atoms with Crippen molar-refractivity contribution in [3.05, 3.63) is 70.8 Å². The van der Waals surface area contributed by atoms with E-state index in [-0.39, 0.29) is 11.9 Å². The molecule has 0 bridgehead atoms. The maximum absolute atomic E-state index is 12.2. The Labute approximate surface area is 225 Å². The summed E-state index contributed by atoms with van der Waals surface area (Å²) in [6.07, 6.45) is 4.57. The maximum Gasteiger partial charge on any atom is 0.338 e. The summed E-state index contributed by atoms with van der Waals surface area (Å²) in [5, 5.41) is 0. The third kappa shape index (κ3) is 13.2. The number of esters is 2. The van der Waals surface area contributed by atoms with Crippen molar-refractivity contribution in [3.8, 4) is 22.9 Å². The van der Waals surface area contributed by atoms with E-state index in [2.05, 4.69) is 62.2 Å². The van der Waals surface area contributed by atoms with E-state index < -0.39 is 16.1 Å². The quantitative estimate of drug-likeness (QED) is 0.142. The van der Waals surface area contributed by atoms with Crippen molar-refractivity contribution in [2.45, 2.75) is 71.4 Å². The van der Waals surface area contributed by atoms with Crippen molar-refractivity contribution in [2.24, 2.45) is 0 Å². The molecular weight excluding hydrogens is 493 g/mol. The van der Waals surface area contributed by atoms with Gasteiger partial charge in [0.1, 0.15) is 16.1 Å². The van der Waals surface area contributed by atoms with Gasteiger partial charge in [-0.15, -0.1) is 11.1 Å². The minimum Gasteiger partial charge on any atom is -0.462 e. The zero-order valence-corrected chi connectivity index (χ0v) is 25.2. The molecule has 0 fully saturated rings. The number of benzene rings is 2. The molecule has 37 heavy (non-hydrogen) atoms. The topological polar surface area (TPSA) is 52.6 Å². The van der Waals surface area contributed by atoms with Crippen LogP contribution in [0.3, 0.4) is 0 Å². The lowest BCUT2D eigenvalue weighted by Crippen LogP contribution is -2.16. The molecule has 4 nitrogen and oxygen atoms in total. The van der Waals surface area contributed by atoms with Gasteiger partial charge < -0.3 is 9.47 Å². The van der Waals surface area contributed by atoms with Crippen LogP contribution in [0.15, 0.2) is 48.5 Å².